The van der Waals surface area contributed by atoms with Gasteiger partial charge in [-0.2, -0.15) is 5.10 Å². The predicted octanol–water partition coefficient (Wildman–Crippen LogP) is 2.69. The van der Waals surface area contributed by atoms with Gasteiger partial charge in [-0.15, -0.1) is 0 Å². The van der Waals surface area contributed by atoms with Crippen molar-refractivity contribution >= 4 is 24.0 Å². The lowest BCUT2D eigenvalue weighted by molar-refractivity contribution is -0.385. The summed E-state index contributed by atoms with van der Waals surface area (Å²) < 4.78 is 13.7. The minimum atomic E-state index is -0.583. The van der Waals surface area contributed by atoms with Crippen molar-refractivity contribution in [3.8, 4) is 0 Å². The maximum Gasteiger partial charge on any atom is 0.495 e. The minimum Gasteiger partial charge on any atom is -0.399 e. The molecule has 26 heavy (non-hydrogen) atoms. The molecule has 2 aromatic rings. The van der Waals surface area contributed by atoms with Crippen LogP contribution in [-0.4, -0.2) is 33.0 Å². The summed E-state index contributed by atoms with van der Waals surface area (Å²) in [5, 5.41) is 14.9. The fourth-order valence-corrected chi connectivity index (χ4v) is 2.71. The van der Waals surface area contributed by atoms with Gasteiger partial charge in [0.15, 0.2) is 5.69 Å². The first-order valence-corrected chi connectivity index (χ1v) is 8.16. The average Bonchev–Trinajstić information content (AvgIpc) is 3.10. The molecule has 8 nitrogen and oxygen atoms in total. The lowest BCUT2D eigenvalue weighted by Gasteiger charge is -2.32. The first-order chi connectivity index (χ1) is 12.1. The molecule has 0 radical (unpaired) electrons. The number of nitrogens with zero attached hydrogens (tertiary/aromatic N) is 4. The second-order valence-corrected chi connectivity index (χ2v) is 7.24. The Bertz CT molecular complexity index is 884. The van der Waals surface area contributed by atoms with Gasteiger partial charge in [-0.25, -0.2) is 4.85 Å². The molecule has 3 rings (SSSR count). The van der Waals surface area contributed by atoms with Crippen molar-refractivity contribution < 1.29 is 14.2 Å². The maximum absolute atomic E-state index is 10.9. The fourth-order valence-electron chi connectivity index (χ4n) is 2.71. The van der Waals surface area contributed by atoms with E-state index in [1.807, 2.05) is 33.8 Å². The molecule has 0 N–H and O–H groups in total. The van der Waals surface area contributed by atoms with Gasteiger partial charge in [-0.05, 0) is 38.7 Å². The summed E-state index contributed by atoms with van der Waals surface area (Å²) in [5.41, 5.74) is 0.977. The molecule has 9 heteroatoms. The lowest BCUT2D eigenvalue weighted by Crippen LogP contribution is -2.41. The van der Waals surface area contributed by atoms with Crippen LogP contribution in [0.1, 0.15) is 33.3 Å². The Morgan fingerprint density at radius 1 is 1.31 bits per heavy atom. The molecule has 1 saturated heterocycles. The molecular weight excluding hydrogens is 335 g/mol. The number of nitro groups is 1. The highest BCUT2D eigenvalue weighted by molar-refractivity contribution is 6.62. The van der Waals surface area contributed by atoms with E-state index in [0.29, 0.717) is 5.69 Å². The van der Waals surface area contributed by atoms with Gasteiger partial charge in [0.05, 0.1) is 29.2 Å². The highest BCUT2D eigenvalue weighted by Gasteiger charge is 2.52. The highest BCUT2D eigenvalue weighted by Crippen LogP contribution is 2.37. The van der Waals surface area contributed by atoms with Crippen molar-refractivity contribution in [1.29, 1.82) is 0 Å². The lowest BCUT2D eigenvalue weighted by atomic mass is 9.75. The van der Waals surface area contributed by atoms with Gasteiger partial charge in [0.2, 0.25) is 0 Å². The Kier molecular flexibility index (Phi) is 4.34. The molecule has 0 bridgehead atoms. The van der Waals surface area contributed by atoms with Gasteiger partial charge in [0.25, 0.3) is 0 Å². The molecule has 1 aliphatic heterocycles. The molecule has 134 valence electrons. The summed E-state index contributed by atoms with van der Waals surface area (Å²) in [6, 6.07) is 5.26. The van der Waals surface area contributed by atoms with Crippen molar-refractivity contribution in [2.45, 2.75) is 45.4 Å². The van der Waals surface area contributed by atoms with Crippen LogP contribution in [0.2, 0.25) is 0 Å². The summed E-state index contributed by atoms with van der Waals surface area (Å²) in [4.78, 5) is 13.8. The standard InChI is InChI=1S/C17H19BN4O4/c1-16(2)17(3,4)26-18(25-16)15-7-6-13(19-5)8-12(15)10-21-11-14(9-20-21)22(23)24/h6-9,11H,10H2,1-4H3. The number of aromatic nitrogens is 2. The highest BCUT2D eigenvalue weighted by atomic mass is 16.7. The Labute approximate surface area is 151 Å². The maximum atomic E-state index is 10.9. The second kappa shape index (κ2) is 6.23. The van der Waals surface area contributed by atoms with Gasteiger partial charge in [0.1, 0.15) is 12.4 Å². The first-order valence-electron chi connectivity index (χ1n) is 8.16. The topological polar surface area (TPSA) is 83.8 Å². The zero-order valence-corrected chi connectivity index (χ0v) is 15.1. The van der Waals surface area contributed by atoms with Crippen LogP contribution in [0.3, 0.4) is 0 Å². The number of hydrogen-bond donors (Lipinski definition) is 0. The molecule has 0 amide bonds. The van der Waals surface area contributed by atoms with E-state index in [4.69, 9.17) is 15.9 Å². The van der Waals surface area contributed by atoms with Gasteiger partial charge >= 0.3 is 12.8 Å². The molecule has 0 saturated carbocycles. The third-order valence-electron chi connectivity index (χ3n) is 4.93. The van der Waals surface area contributed by atoms with Gasteiger partial charge in [-0.1, -0.05) is 18.2 Å². The summed E-state index contributed by atoms with van der Waals surface area (Å²) >= 11 is 0. The molecule has 1 fully saturated rings. The molecule has 1 aromatic carbocycles. The summed E-state index contributed by atoms with van der Waals surface area (Å²) in [7, 11) is -0.583. The SMILES string of the molecule is [C-]#[N+]c1ccc(B2OC(C)(C)C(C)(C)O2)c(Cn2cc([N+](=O)[O-])cn2)c1. The number of benzene rings is 1. The zero-order valence-electron chi connectivity index (χ0n) is 15.1. The third-order valence-corrected chi connectivity index (χ3v) is 4.93. The molecule has 0 unspecified atom stereocenters. The number of rotatable bonds is 4. The van der Waals surface area contributed by atoms with Gasteiger partial charge in [-0.3, -0.25) is 14.8 Å². The van der Waals surface area contributed by atoms with E-state index in [1.54, 1.807) is 12.1 Å². The van der Waals surface area contributed by atoms with E-state index in [1.165, 1.54) is 17.1 Å². The second-order valence-electron chi connectivity index (χ2n) is 7.24. The molecular formula is C17H19BN4O4. The van der Waals surface area contributed by atoms with Crippen LogP contribution in [0.4, 0.5) is 11.4 Å². The van der Waals surface area contributed by atoms with Crippen molar-refractivity contribution in [3.63, 3.8) is 0 Å². The van der Waals surface area contributed by atoms with E-state index in [2.05, 4.69) is 9.94 Å². The van der Waals surface area contributed by atoms with Crippen LogP contribution in [-0.2, 0) is 15.9 Å². The Morgan fingerprint density at radius 2 is 1.96 bits per heavy atom. The summed E-state index contributed by atoms with van der Waals surface area (Å²) in [6.07, 6.45) is 2.56. The fraction of sp³-hybridized carbons (Fsp3) is 0.412. The van der Waals surface area contributed by atoms with E-state index in [0.717, 1.165) is 11.0 Å². The Morgan fingerprint density at radius 3 is 2.50 bits per heavy atom. The molecule has 1 aromatic heterocycles. The van der Waals surface area contributed by atoms with Crippen LogP contribution >= 0.6 is 0 Å². The van der Waals surface area contributed by atoms with Crippen molar-refractivity contribution in [2.24, 2.45) is 0 Å². The van der Waals surface area contributed by atoms with Crippen LogP contribution in [0.15, 0.2) is 30.6 Å². The van der Waals surface area contributed by atoms with Crippen molar-refractivity contribution in [3.05, 3.63) is 57.7 Å². The van der Waals surface area contributed by atoms with Crippen LogP contribution in [0.25, 0.3) is 4.85 Å². The quantitative estimate of drug-likeness (QED) is 0.365. The molecule has 0 atom stereocenters. The Balaban J connectivity index is 1.96. The molecule has 1 aliphatic rings. The summed E-state index contributed by atoms with van der Waals surface area (Å²) in [5.74, 6) is 0. The van der Waals surface area contributed by atoms with Gasteiger partial charge < -0.3 is 9.31 Å². The number of hydrogen-bond acceptors (Lipinski definition) is 5. The van der Waals surface area contributed by atoms with Crippen LogP contribution in [0.5, 0.6) is 0 Å². The van der Waals surface area contributed by atoms with E-state index < -0.39 is 23.2 Å². The minimum absolute atomic E-state index is 0.0801. The smallest absolute Gasteiger partial charge is 0.399 e. The van der Waals surface area contributed by atoms with Crippen molar-refractivity contribution in [2.75, 3.05) is 0 Å². The molecule has 2 heterocycles. The largest absolute Gasteiger partial charge is 0.495 e. The van der Waals surface area contributed by atoms with Crippen LogP contribution in [0, 0.1) is 16.7 Å². The van der Waals surface area contributed by atoms with E-state index in [9.17, 15) is 10.1 Å². The van der Waals surface area contributed by atoms with Crippen LogP contribution < -0.4 is 5.46 Å². The van der Waals surface area contributed by atoms with E-state index >= 15 is 0 Å². The molecule has 0 spiro atoms. The zero-order chi connectivity index (χ0) is 19.1. The predicted molar refractivity (Wildman–Crippen MR) is 96.4 cm³/mol. The van der Waals surface area contributed by atoms with Gasteiger partial charge in [0, 0.05) is 0 Å². The first kappa shape index (κ1) is 18.1. The normalized spacial score (nSPS) is 17.9. The molecule has 0 aliphatic carbocycles. The summed E-state index contributed by atoms with van der Waals surface area (Å²) in [6.45, 7) is 15.4. The average molecular weight is 354 g/mol. The van der Waals surface area contributed by atoms with E-state index in [-0.39, 0.29) is 12.2 Å². The van der Waals surface area contributed by atoms with Crippen molar-refractivity contribution in [1.82, 2.24) is 9.78 Å². The Hall–Kier alpha value is -2.70. The monoisotopic (exact) mass is 354 g/mol. The third kappa shape index (κ3) is 3.21.